The Balaban J connectivity index is 2.30. The zero-order valence-electron chi connectivity index (χ0n) is 11.2. The molecule has 0 saturated heterocycles. The minimum Gasteiger partial charge on any atom is -0.507 e. The van der Waals surface area contributed by atoms with Crippen LogP contribution in [-0.2, 0) is 0 Å². The molecule has 2 atom stereocenters. The maximum atomic E-state index is 10.1. The summed E-state index contributed by atoms with van der Waals surface area (Å²) in [5.41, 5.74) is 2.22. The van der Waals surface area contributed by atoms with Gasteiger partial charge in [0.1, 0.15) is 5.75 Å². The van der Waals surface area contributed by atoms with Crippen LogP contribution in [-0.4, -0.2) is 5.11 Å². The van der Waals surface area contributed by atoms with E-state index in [-0.39, 0.29) is 0 Å². The first-order valence-corrected chi connectivity index (χ1v) is 6.53. The molecule has 0 bridgehead atoms. The minimum atomic E-state index is 0.381. The maximum absolute atomic E-state index is 10.1. The van der Waals surface area contributed by atoms with Gasteiger partial charge < -0.3 is 5.11 Å². The molecule has 93 valence electrons. The average Bonchev–Trinajstić information content (AvgIpc) is 2.19. The van der Waals surface area contributed by atoms with Crippen LogP contribution >= 0.6 is 0 Å². The predicted octanol–water partition coefficient (Wildman–Crippen LogP) is 4.50. The van der Waals surface area contributed by atoms with E-state index >= 15 is 0 Å². The van der Waals surface area contributed by atoms with Crippen LogP contribution in [0.15, 0.2) is 18.2 Å². The first kappa shape index (κ1) is 12.5. The Bertz CT molecular complexity index is 406. The van der Waals surface area contributed by atoms with Gasteiger partial charge in [0.25, 0.3) is 0 Å². The van der Waals surface area contributed by atoms with Crippen molar-refractivity contribution in [3.8, 4) is 5.75 Å². The van der Waals surface area contributed by atoms with E-state index in [4.69, 9.17) is 0 Å². The van der Waals surface area contributed by atoms with Gasteiger partial charge in [-0.05, 0) is 54.6 Å². The fourth-order valence-electron chi connectivity index (χ4n) is 3.52. The van der Waals surface area contributed by atoms with E-state index < -0.39 is 0 Å². The molecule has 0 aromatic heterocycles. The van der Waals surface area contributed by atoms with Crippen molar-refractivity contribution in [1.82, 2.24) is 0 Å². The van der Waals surface area contributed by atoms with Crippen LogP contribution in [0.4, 0.5) is 0 Å². The number of benzene rings is 1. The van der Waals surface area contributed by atoms with Crippen molar-refractivity contribution in [2.75, 3.05) is 0 Å². The Hall–Kier alpha value is -0.980. The third-order valence-electron chi connectivity index (χ3n) is 3.98. The van der Waals surface area contributed by atoms with Gasteiger partial charge in [0, 0.05) is 0 Å². The van der Waals surface area contributed by atoms with Crippen LogP contribution in [0, 0.1) is 18.3 Å². The van der Waals surface area contributed by atoms with Crippen LogP contribution in [0.25, 0.3) is 0 Å². The Morgan fingerprint density at radius 3 is 2.65 bits per heavy atom. The van der Waals surface area contributed by atoms with Gasteiger partial charge in [-0.1, -0.05) is 39.0 Å². The van der Waals surface area contributed by atoms with Crippen molar-refractivity contribution in [2.24, 2.45) is 11.3 Å². The lowest BCUT2D eigenvalue weighted by molar-refractivity contribution is 0.167. The Labute approximate surface area is 105 Å². The highest BCUT2D eigenvalue weighted by Gasteiger charge is 2.33. The molecule has 1 aromatic rings. The molecule has 2 rings (SSSR count). The SMILES string of the molecule is [CH2]c1cccc(C2CC(C)CC(C)(C)C2)c1O. The largest absolute Gasteiger partial charge is 0.507 e. The van der Waals surface area contributed by atoms with E-state index in [1.165, 1.54) is 12.8 Å². The molecule has 2 unspecified atom stereocenters. The summed E-state index contributed by atoms with van der Waals surface area (Å²) in [5, 5.41) is 10.1. The molecule has 1 aliphatic carbocycles. The summed E-state index contributed by atoms with van der Waals surface area (Å²) in [5.74, 6) is 1.62. The number of phenols is 1. The summed E-state index contributed by atoms with van der Waals surface area (Å²) >= 11 is 0. The zero-order valence-corrected chi connectivity index (χ0v) is 11.2. The molecular formula is C16H23O. The molecule has 1 aliphatic rings. The van der Waals surface area contributed by atoms with Crippen molar-refractivity contribution in [3.63, 3.8) is 0 Å². The fourth-order valence-corrected chi connectivity index (χ4v) is 3.52. The molecule has 1 fully saturated rings. The highest BCUT2D eigenvalue weighted by molar-refractivity contribution is 5.44. The van der Waals surface area contributed by atoms with Crippen molar-refractivity contribution >= 4 is 0 Å². The van der Waals surface area contributed by atoms with Gasteiger partial charge in [-0.3, -0.25) is 0 Å². The van der Waals surface area contributed by atoms with Gasteiger partial charge in [0.2, 0.25) is 0 Å². The third kappa shape index (κ3) is 2.65. The van der Waals surface area contributed by atoms with E-state index in [1.54, 1.807) is 0 Å². The standard InChI is InChI=1S/C16H23O/c1-11-8-13(10-16(3,4)9-11)14-7-5-6-12(2)15(14)17/h5-7,11,13,17H,2,8-10H2,1,3-4H3. The summed E-state index contributed by atoms with van der Waals surface area (Å²) in [6, 6.07) is 5.93. The molecule has 1 saturated carbocycles. The van der Waals surface area contributed by atoms with Gasteiger partial charge in [-0.15, -0.1) is 0 Å². The number of rotatable bonds is 1. The smallest absolute Gasteiger partial charge is 0.122 e. The van der Waals surface area contributed by atoms with E-state index in [9.17, 15) is 5.11 Å². The number of phenolic OH excluding ortho intramolecular Hbond substituents is 1. The second kappa shape index (κ2) is 4.36. The molecule has 0 amide bonds. The van der Waals surface area contributed by atoms with Crippen LogP contribution in [0.5, 0.6) is 5.75 Å². The first-order chi connectivity index (χ1) is 7.89. The molecule has 1 radical (unpaired) electrons. The van der Waals surface area contributed by atoms with Crippen LogP contribution < -0.4 is 0 Å². The van der Waals surface area contributed by atoms with E-state index in [0.29, 0.717) is 17.1 Å². The first-order valence-electron chi connectivity index (χ1n) is 6.53. The maximum Gasteiger partial charge on any atom is 0.122 e. The average molecular weight is 231 g/mol. The van der Waals surface area contributed by atoms with Crippen LogP contribution in [0.1, 0.15) is 57.1 Å². The third-order valence-corrected chi connectivity index (χ3v) is 3.98. The Kier molecular flexibility index (Phi) is 3.20. The summed E-state index contributed by atoms with van der Waals surface area (Å²) in [4.78, 5) is 0. The number of hydrogen-bond acceptors (Lipinski definition) is 1. The fraction of sp³-hybridized carbons (Fsp3) is 0.562. The number of aromatic hydroxyl groups is 1. The summed E-state index contributed by atoms with van der Waals surface area (Å²) < 4.78 is 0. The summed E-state index contributed by atoms with van der Waals surface area (Å²) in [7, 11) is 0. The lowest BCUT2D eigenvalue weighted by Gasteiger charge is -2.39. The second-order valence-electron chi connectivity index (χ2n) is 6.47. The zero-order chi connectivity index (χ0) is 12.6. The van der Waals surface area contributed by atoms with Gasteiger partial charge in [-0.25, -0.2) is 0 Å². The quantitative estimate of drug-likeness (QED) is 0.754. The molecule has 1 heteroatoms. The van der Waals surface area contributed by atoms with Gasteiger partial charge in [0.05, 0.1) is 0 Å². The molecule has 0 spiro atoms. The molecule has 17 heavy (non-hydrogen) atoms. The minimum absolute atomic E-state index is 0.381. The van der Waals surface area contributed by atoms with Gasteiger partial charge in [0.15, 0.2) is 0 Å². The monoisotopic (exact) mass is 231 g/mol. The summed E-state index contributed by atoms with van der Waals surface area (Å²) in [6.07, 6.45) is 3.63. The summed E-state index contributed by atoms with van der Waals surface area (Å²) in [6.45, 7) is 10.9. The molecule has 0 aliphatic heterocycles. The number of hydrogen-bond donors (Lipinski definition) is 1. The van der Waals surface area contributed by atoms with Crippen molar-refractivity contribution in [3.05, 3.63) is 36.2 Å². The van der Waals surface area contributed by atoms with Crippen molar-refractivity contribution in [1.29, 1.82) is 0 Å². The second-order valence-corrected chi connectivity index (χ2v) is 6.47. The Morgan fingerprint density at radius 1 is 1.29 bits per heavy atom. The lowest BCUT2D eigenvalue weighted by Crippen LogP contribution is -2.26. The van der Waals surface area contributed by atoms with Crippen LogP contribution in [0.2, 0.25) is 0 Å². The highest BCUT2D eigenvalue weighted by Crippen LogP contribution is 2.47. The van der Waals surface area contributed by atoms with Gasteiger partial charge >= 0.3 is 0 Å². The number of para-hydroxylation sites is 1. The van der Waals surface area contributed by atoms with E-state index in [0.717, 1.165) is 23.5 Å². The highest BCUT2D eigenvalue weighted by atomic mass is 16.3. The molecule has 1 nitrogen and oxygen atoms in total. The molecule has 1 aromatic carbocycles. The predicted molar refractivity (Wildman–Crippen MR) is 72.1 cm³/mol. The van der Waals surface area contributed by atoms with E-state index in [2.05, 4.69) is 33.8 Å². The molecule has 0 heterocycles. The lowest BCUT2D eigenvalue weighted by atomic mass is 9.66. The van der Waals surface area contributed by atoms with E-state index in [1.807, 2.05) is 12.1 Å². The molecular weight excluding hydrogens is 208 g/mol. The topological polar surface area (TPSA) is 20.2 Å². The Morgan fingerprint density at radius 2 is 2.00 bits per heavy atom. The van der Waals surface area contributed by atoms with Gasteiger partial charge in [-0.2, -0.15) is 0 Å². The normalized spacial score (nSPS) is 28.0. The van der Waals surface area contributed by atoms with Crippen molar-refractivity contribution < 1.29 is 5.11 Å². The molecule has 1 N–H and O–H groups in total. The van der Waals surface area contributed by atoms with Crippen LogP contribution in [0.3, 0.4) is 0 Å². The van der Waals surface area contributed by atoms with Crippen molar-refractivity contribution in [2.45, 2.75) is 46.0 Å².